The Kier molecular flexibility index (Phi) is 6.73. The number of guanidine groups is 1. The number of likely N-dealkylation sites (tertiary alicyclic amines) is 1. The molecule has 2 fully saturated rings. The van der Waals surface area contributed by atoms with Crippen LogP contribution in [0.1, 0.15) is 48.8 Å². The van der Waals surface area contributed by atoms with Crippen molar-refractivity contribution < 1.29 is 23.9 Å². The van der Waals surface area contributed by atoms with Crippen molar-refractivity contribution in [1.82, 2.24) is 0 Å². The number of quaternary nitrogens is 1. The summed E-state index contributed by atoms with van der Waals surface area (Å²) in [5.74, 6) is 1.09. The van der Waals surface area contributed by atoms with E-state index in [9.17, 15) is 14.7 Å². The Balaban J connectivity index is 1.18. The van der Waals surface area contributed by atoms with Crippen molar-refractivity contribution in [3.63, 3.8) is 0 Å². The average Bonchev–Trinajstić information content (AvgIpc) is 3.31. The van der Waals surface area contributed by atoms with Gasteiger partial charge in [-0.2, -0.15) is 0 Å². The van der Waals surface area contributed by atoms with Gasteiger partial charge in [-0.3, -0.25) is 14.6 Å². The molecule has 2 aliphatic heterocycles. The molecule has 10 nitrogen and oxygen atoms in total. The van der Waals surface area contributed by atoms with Gasteiger partial charge in [-0.05, 0) is 43.0 Å². The fourth-order valence-corrected chi connectivity index (χ4v) is 8.25. The van der Waals surface area contributed by atoms with Crippen LogP contribution in [0.5, 0.6) is 11.5 Å². The van der Waals surface area contributed by atoms with Crippen LogP contribution in [0.2, 0.25) is 0 Å². The first-order chi connectivity index (χ1) is 19.5. The number of carbonyl (C=O) groups is 2. The van der Waals surface area contributed by atoms with E-state index in [2.05, 4.69) is 24.2 Å². The molecule has 1 spiro atoms. The number of likely N-dealkylation sites (N-methyl/N-ethyl adjacent to an activating group) is 2. The fourth-order valence-electron chi connectivity index (χ4n) is 8.25. The Morgan fingerprint density at radius 2 is 2.00 bits per heavy atom. The number of phenols is 1. The number of aromatic hydroxyl groups is 1. The summed E-state index contributed by atoms with van der Waals surface area (Å²) in [5.41, 5.74) is 20.9. The van der Waals surface area contributed by atoms with Crippen molar-refractivity contribution in [3.8, 4) is 11.5 Å². The molecule has 1 amide bonds. The number of piperidine rings is 1. The molecule has 6 rings (SSSR count). The van der Waals surface area contributed by atoms with E-state index in [0.29, 0.717) is 43.5 Å². The monoisotopic (exact) mass is 561 g/mol. The van der Waals surface area contributed by atoms with Gasteiger partial charge in [-0.1, -0.05) is 18.2 Å². The zero-order chi connectivity index (χ0) is 29.1. The van der Waals surface area contributed by atoms with Crippen LogP contribution in [0.25, 0.3) is 0 Å². The number of Topliss-reactive ketones (excluding diaryl/α,β-unsaturated/α-hetero) is 1. The molecule has 6 atom stereocenters. The van der Waals surface area contributed by atoms with Gasteiger partial charge in [0.2, 0.25) is 5.91 Å². The summed E-state index contributed by atoms with van der Waals surface area (Å²) in [6.45, 7) is 2.23. The van der Waals surface area contributed by atoms with Gasteiger partial charge in [0.1, 0.15) is 6.54 Å². The molecule has 2 unspecified atom stereocenters. The molecule has 0 aromatic heterocycles. The maximum absolute atomic E-state index is 13.1. The number of hydrogen-bond acceptors (Lipinski definition) is 6. The van der Waals surface area contributed by atoms with E-state index in [1.54, 1.807) is 18.0 Å². The van der Waals surface area contributed by atoms with Gasteiger partial charge in [0.25, 0.3) is 0 Å². The number of nitrogens with two attached hydrogens (primary N) is 3. The predicted octanol–water partition coefficient (Wildman–Crippen LogP) is 1.69. The molecule has 2 aromatic rings. The van der Waals surface area contributed by atoms with E-state index < -0.39 is 12.1 Å². The minimum absolute atomic E-state index is 0.0376. The number of amides is 1. The summed E-state index contributed by atoms with van der Waals surface area (Å²) in [7, 11) is 4.09. The van der Waals surface area contributed by atoms with Crippen LogP contribution in [0.4, 0.5) is 5.69 Å². The van der Waals surface area contributed by atoms with Crippen molar-refractivity contribution in [1.29, 1.82) is 0 Å². The highest BCUT2D eigenvalue weighted by atomic mass is 16.5. The van der Waals surface area contributed by atoms with E-state index in [0.717, 1.165) is 48.1 Å². The number of hydrogen-bond donors (Lipinski definition) is 4. The van der Waals surface area contributed by atoms with Crippen molar-refractivity contribution >= 4 is 23.3 Å². The molecule has 0 radical (unpaired) electrons. The number of ketones is 1. The predicted molar refractivity (Wildman–Crippen MR) is 157 cm³/mol. The van der Waals surface area contributed by atoms with Crippen LogP contribution < -0.4 is 26.8 Å². The molecule has 2 aromatic carbocycles. The highest BCUT2D eigenvalue weighted by molar-refractivity contribution is 5.96. The Morgan fingerprint density at radius 1 is 1.24 bits per heavy atom. The topological polar surface area (TPSA) is 157 Å². The second-order valence-corrected chi connectivity index (χ2v) is 12.6. The number of carbonyl (C=O) groups excluding carboxylic acids is 2. The van der Waals surface area contributed by atoms with E-state index in [-0.39, 0.29) is 28.8 Å². The van der Waals surface area contributed by atoms with Crippen molar-refractivity contribution in [2.24, 2.45) is 28.1 Å². The van der Waals surface area contributed by atoms with Crippen molar-refractivity contribution in [2.75, 3.05) is 32.1 Å². The first-order valence-corrected chi connectivity index (χ1v) is 14.6. The molecule has 2 aliphatic carbocycles. The minimum atomic E-state index is -0.624. The Hall–Kier alpha value is -3.63. The molecule has 4 aliphatic rings. The standard InChI is InChI=1S/C31H40N6O4/c1-36(29(40)22(32)4-3-14-35-30(33)34)20-8-5-18(6-9-20)17-37(2)15-13-31-21-10-12-25(39)28(31)41-27-24(38)11-7-19(26(27)31)16-23(21)37/h5-9,11,21-23,28H,3-4,10,12-17,32H2,1-2H3,(H4-,33,34,35,38)/p+1/t21-,22-,23-,28?,31-,37?/m0/s1. The first kappa shape index (κ1) is 27.5. The molecule has 41 heavy (non-hydrogen) atoms. The van der Waals surface area contributed by atoms with Crippen LogP contribution in [-0.2, 0) is 28.0 Å². The number of nitrogens with zero attached hydrogens (tertiary/aromatic N) is 3. The quantitative estimate of drug-likeness (QED) is 0.165. The van der Waals surface area contributed by atoms with Crippen LogP contribution in [0.15, 0.2) is 41.4 Å². The summed E-state index contributed by atoms with van der Waals surface area (Å²) < 4.78 is 7.14. The lowest BCUT2D eigenvalue weighted by molar-refractivity contribution is -0.957. The second-order valence-electron chi connectivity index (χ2n) is 12.6. The first-order valence-electron chi connectivity index (χ1n) is 14.6. The number of anilines is 1. The van der Waals surface area contributed by atoms with Crippen LogP contribution >= 0.6 is 0 Å². The molecular formula is C31H41N6O4+. The molecule has 1 saturated carbocycles. The van der Waals surface area contributed by atoms with Gasteiger partial charge >= 0.3 is 0 Å². The fraction of sp³-hybridized carbons (Fsp3) is 0.516. The zero-order valence-corrected chi connectivity index (χ0v) is 23.9. The van der Waals surface area contributed by atoms with Gasteiger partial charge in [-0.25, -0.2) is 0 Å². The molecule has 7 N–H and O–H groups in total. The number of rotatable bonds is 8. The zero-order valence-electron chi connectivity index (χ0n) is 23.9. The van der Waals surface area contributed by atoms with E-state index >= 15 is 0 Å². The Morgan fingerprint density at radius 3 is 2.73 bits per heavy atom. The SMILES string of the molecule is CN(C(=O)[C@@H](N)CCCN=C(N)N)c1ccc(C[N+]2(C)CC[C@]34c5c6ccc(O)c5OC3C(=O)CC[C@H]4[C@@H]2C6)cc1. The number of ether oxygens (including phenoxy) is 1. The lowest BCUT2D eigenvalue weighted by Gasteiger charge is -2.60. The highest BCUT2D eigenvalue weighted by Gasteiger charge is 2.69. The maximum Gasteiger partial charge on any atom is 0.243 e. The summed E-state index contributed by atoms with van der Waals surface area (Å²) in [6, 6.07) is 11.7. The Labute approximate surface area is 240 Å². The van der Waals surface area contributed by atoms with E-state index in [1.165, 1.54) is 11.1 Å². The third-order valence-corrected chi connectivity index (χ3v) is 10.3. The molecule has 10 heteroatoms. The number of aliphatic imine (C=N–C) groups is 1. The van der Waals surface area contributed by atoms with Crippen molar-refractivity contribution in [2.45, 2.75) is 68.7 Å². The normalized spacial score (nSPS) is 29.7. The second kappa shape index (κ2) is 10.0. The van der Waals surface area contributed by atoms with Gasteiger partial charge in [0.15, 0.2) is 29.3 Å². The lowest BCUT2D eigenvalue weighted by atomic mass is 9.51. The summed E-state index contributed by atoms with van der Waals surface area (Å²) >= 11 is 0. The Bertz CT molecular complexity index is 1410. The summed E-state index contributed by atoms with van der Waals surface area (Å²) in [5, 5.41) is 10.6. The molecule has 218 valence electrons. The van der Waals surface area contributed by atoms with Gasteiger partial charge in [0, 0.05) is 55.6 Å². The van der Waals surface area contributed by atoms with E-state index in [4.69, 9.17) is 21.9 Å². The van der Waals surface area contributed by atoms with Gasteiger partial charge in [0.05, 0.1) is 31.1 Å². The molecular weight excluding hydrogens is 520 g/mol. The molecule has 2 heterocycles. The highest BCUT2D eigenvalue weighted by Crippen LogP contribution is 2.64. The lowest BCUT2D eigenvalue weighted by Crippen LogP contribution is -2.71. The smallest absolute Gasteiger partial charge is 0.243 e. The van der Waals surface area contributed by atoms with Crippen LogP contribution in [-0.4, -0.2) is 72.6 Å². The third kappa shape index (κ3) is 4.35. The summed E-state index contributed by atoms with van der Waals surface area (Å²) in [6.07, 6.45) is 3.82. The van der Waals surface area contributed by atoms with Gasteiger partial charge < -0.3 is 36.4 Å². The maximum atomic E-state index is 13.1. The molecule has 1 saturated heterocycles. The third-order valence-electron chi connectivity index (χ3n) is 10.3. The molecule has 2 bridgehead atoms. The van der Waals surface area contributed by atoms with E-state index in [1.807, 2.05) is 18.2 Å². The van der Waals surface area contributed by atoms with Gasteiger partial charge in [-0.15, -0.1) is 0 Å². The summed E-state index contributed by atoms with van der Waals surface area (Å²) in [4.78, 5) is 31.6. The largest absolute Gasteiger partial charge is 0.504 e. The minimum Gasteiger partial charge on any atom is -0.504 e. The van der Waals surface area contributed by atoms with Crippen molar-refractivity contribution in [3.05, 3.63) is 53.1 Å². The van der Waals surface area contributed by atoms with Crippen LogP contribution in [0, 0.1) is 5.92 Å². The van der Waals surface area contributed by atoms with Crippen LogP contribution in [0.3, 0.4) is 0 Å². The number of phenolic OH excluding ortho intramolecular Hbond substituents is 1. The average molecular weight is 562 g/mol. The number of benzene rings is 2.